The fourth-order valence-corrected chi connectivity index (χ4v) is 3.98. The summed E-state index contributed by atoms with van der Waals surface area (Å²) in [6.45, 7) is 4.65. The Morgan fingerprint density at radius 2 is 2.04 bits per heavy atom. The van der Waals surface area contributed by atoms with Crippen LogP contribution in [0.15, 0.2) is 47.2 Å². The van der Waals surface area contributed by atoms with E-state index < -0.39 is 0 Å². The molecule has 3 aromatic rings. The van der Waals surface area contributed by atoms with E-state index in [9.17, 15) is 4.79 Å². The number of pyridine rings is 1. The van der Waals surface area contributed by atoms with Crippen LogP contribution in [0.25, 0.3) is 11.0 Å². The first-order valence-electron chi connectivity index (χ1n) is 9.05. The molecule has 0 N–H and O–H groups in total. The van der Waals surface area contributed by atoms with Gasteiger partial charge in [-0.1, -0.05) is 6.07 Å². The summed E-state index contributed by atoms with van der Waals surface area (Å²) in [5, 5.41) is 0. The lowest BCUT2D eigenvalue weighted by atomic mass is 10.1. The summed E-state index contributed by atoms with van der Waals surface area (Å²) in [4.78, 5) is 30.2. The van der Waals surface area contributed by atoms with Crippen LogP contribution in [0, 0.1) is 0 Å². The smallest absolute Gasteiger partial charge is 0.337 e. The average Bonchev–Trinajstić information content (AvgIpc) is 2.73. The van der Waals surface area contributed by atoms with E-state index in [1.54, 1.807) is 18.2 Å². The van der Waals surface area contributed by atoms with E-state index in [1.807, 2.05) is 24.4 Å². The van der Waals surface area contributed by atoms with Crippen molar-refractivity contribution in [3.63, 3.8) is 0 Å². The van der Waals surface area contributed by atoms with E-state index >= 15 is 0 Å². The van der Waals surface area contributed by atoms with Crippen LogP contribution in [-0.2, 0) is 4.74 Å². The van der Waals surface area contributed by atoms with Gasteiger partial charge in [0.1, 0.15) is 10.4 Å². The zero-order chi connectivity index (χ0) is 19.7. The van der Waals surface area contributed by atoms with Gasteiger partial charge in [0, 0.05) is 31.9 Å². The summed E-state index contributed by atoms with van der Waals surface area (Å²) >= 11 is 3.57. The Balaban J connectivity index is 1.63. The third-order valence-electron chi connectivity index (χ3n) is 4.90. The second kappa shape index (κ2) is 7.71. The Bertz CT molecular complexity index is 1010. The van der Waals surface area contributed by atoms with Gasteiger partial charge in [0.05, 0.1) is 23.7 Å². The van der Waals surface area contributed by atoms with E-state index in [0.29, 0.717) is 15.7 Å². The summed E-state index contributed by atoms with van der Waals surface area (Å²) in [6.07, 6.45) is 1.82. The van der Waals surface area contributed by atoms with Gasteiger partial charge >= 0.3 is 5.97 Å². The first-order valence-corrected chi connectivity index (χ1v) is 9.84. The van der Waals surface area contributed by atoms with Crippen LogP contribution in [0.4, 0.5) is 11.6 Å². The van der Waals surface area contributed by atoms with Crippen molar-refractivity contribution >= 4 is 44.6 Å². The number of fused-ring (bicyclic) bond motifs is 1. The second-order valence-corrected chi connectivity index (χ2v) is 7.46. The summed E-state index contributed by atoms with van der Waals surface area (Å²) in [7, 11) is 1.37. The molecule has 1 unspecified atom stereocenters. The predicted octanol–water partition coefficient (Wildman–Crippen LogP) is 3.29. The Kier molecular flexibility index (Phi) is 5.13. The van der Waals surface area contributed by atoms with Crippen molar-refractivity contribution in [3.05, 3.63) is 52.8 Å². The maximum absolute atomic E-state index is 11.8. The minimum absolute atomic E-state index is 0.225. The second-order valence-electron chi connectivity index (χ2n) is 6.71. The van der Waals surface area contributed by atoms with Crippen LogP contribution in [0.1, 0.15) is 17.3 Å². The lowest BCUT2D eigenvalue weighted by Gasteiger charge is -2.41. The van der Waals surface area contributed by atoms with Crippen LogP contribution in [0.5, 0.6) is 0 Å². The minimum atomic E-state index is -0.384. The molecule has 28 heavy (non-hydrogen) atoms. The molecule has 1 saturated heterocycles. The maximum atomic E-state index is 11.8. The van der Waals surface area contributed by atoms with Gasteiger partial charge in [-0.25, -0.2) is 19.7 Å². The monoisotopic (exact) mass is 441 g/mol. The maximum Gasteiger partial charge on any atom is 0.337 e. The number of ether oxygens (including phenoxy) is 1. The number of carbonyl (C=O) groups is 1. The van der Waals surface area contributed by atoms with E-state index in [2.05, 4.69) is 42.6 Å². The zero-order valence-electron chi connectivity index (χ0n) is 15.7. The van der Waals surface area contributed by atoms with Crippen LogP contribution < -0.4 is 9.80 Å². The predicted molar refractivity (Wildman–Crippen MR) is 112 cm³/mol. The van der Waals surface area contributed by atoms with Gasteiger partial charge in [-0.05, 0) is 53.2 Å². The summed E-state index contributed by atoms with van der Waals surface area (Å²) < 4.78 is 5.51. The number of nitrogens with zero attached hydrogens (tertiary/aromatic N) is 5. The van der Waals surface area contributed by atoms with Gasteiger partial charge in [-0.3, -0.25) is 0 Å². The molecule has 0 saturated carbocycles. The number of rotatable bonds is 3. The molecule has 0 spiro atoms. The third kappa shape index (κ3) is 3.52. The molecule has 7 nitrogen and oxygen atoms in total. The highest BCUT2D eigenvalue weighted by atomic mass is 79.9. The molecule has 1 fully saturated rings. The number of carbonyl (C=O) groups excluding carboxylic acids is 1. The Hall–Kier alpha value is -2.74. The van der Waals surface area contributed by atoms with Crippen molar-refractivity contribution in [2.45, 2.75) is 13.0 Å². The van der Waals surface area contributed by atoms with E-state index in [4.69, 9.17) is 9.72 Å². The molecule has 0 amide bonds. The highest BCUT2D eigenvalue weighted by Crippen LogP contribution is 2.29. The van der Waals surface area contributed by atoms with E-state index in [0.717, 1.165) is 36.8 Å². The molecule has 8 heteroatoms. The number of methoxy groups -OCH3 is 1. The SMILES string of the molecule is COC(=O)c1ccc2nc(Br)c(N3CCN(c4ccccn4)CC3C)nc2c1. The number of hydrogen-bond acceptors (Lipinski definition) is 7. The Morgan fingerprint density at radius 1 is 1.18 bits per heavy atom. The van der Waals surface area contributed by atoms with Crippen molar-refractivity contribution in [1.82, 2.24) is 15.0 Å². The highest BCUT2D eigenvalue weighted by molar-refractivity contribution is 9.10. The number of halogens is 1. The van der Waals surface area contributed by atoms with Crippen LogP contribution in [0.2, 0.25) is 0 Å². The average molecular weight is 442 g/mol. The van der Waals surface area contributed by atoms with Crippen LogP contribution in [-0.4, -0.2) is 53.7 Å². The molecular formula is C20H20BrN5O2. The highest BCUT2D eigenvalue weighted by Gasteiger charge is 2.27. The molecule has 3 heterocycles. The third-order valence-corrected chi connectivity index (χ3v) is 5.43. The van der Waals surface area contributed by atoms with Gasteiger partial charge < -0.3 is 14.5 Å². The molecule has 0 bridgehead atoms. The van der Waals surface area contributed by atoms with Gasteiger partial charge in [0.15, 0.2) is 5.82 Å². The topological polar surface area (TPSA) is 71.5 Å². The first-order chi connectivity index (χ1) is 13.6. The van der Waals surface area contributed by atoms with E-state index in [-0.39, 0.29) is 12.0 Å². The van der Waals surface area contributed by atoms with Gasteiger partial charge in [0.2, 0.25) is 0 Å². The number of anilines is 2. The van der Waals surface area contributed by atoms with Crippen molar-refractivity contribution in [2.75, 3.05) is 36.5 Å². The fraction of sp³-hybridized carbons (Fsp3) is 0.300. The van der Waals surface area contributed by atoms with Gasteiger partial charge in [-0.2, -0.15) is 0 Å². The molecule has 1 atom stereocenters. The van der Waals surface area contributed by atoms with Gasteiger partial charge in [0.25, 0.3) is 0 Å². The standard InChI is InChI=1S/C20H20BrN5O2/c1-13-12-25(17-5-3-4-8-22-17)9-10-26(13)19-18(21)23-15-7-6-14(20(27)28-2)11-16(15)24-19/h3-8,11,13H,9-10,12H2,1-2H3. The Labute approximate surface area is 171 Å². The molecule has 1 aliphatic heterocycles. The molecule has 2 aromatic heterocycles. The van der Waals surface area contributed by atoms with Crippen molar-refractivity contribution in [1.29, 1.82) is 0 Å². The van der Waals surface area contributed by atoms with Gasteiger partial charge in [-0.15, -0.1) is 0 Å². The number of hydrogen-bond donors (Lipinski definition) is 0. The number of aromatic nitrogens is 3. The normalized spacial score (nSPS) is 17.0. The molecule has 1 aliphatic rings. The molecule has 144 valence electrons. The molecule has 0 aliphatic carbocycles. The minimum Gasteiger partial charge on any atom is -0.465 e. The van der Waals surface area contributed by atoms with Crippen molar-refractivity contribution < 1.29 is 9.53 Å². The molecule has 1 aromatic carbocycles. The van der Waals surface area contributed by atoms with Crippen molar-refractivity contribution in [2.24, 2.45) is 0 Å². The number of piperazine rings is 1. The van der Waals surface area contributed by atoms with Crippen LogP contribution >= 0.6 is 15.9 Å². The molecule has 0 radical (unpaired) electrons. The largest absolute Gasteiger partial charge is 0.465 e. The fourth-order valence-electron chi connectivity index (χ4n) is 3.47. The lowest BCUT2D eigenvalue weighted by molar-refractivity contribution is 0.0601. The number of esters is 1. The first kappa shape index (κ1) is 18.6. The van der Waals surface area contributed by atoms with Crippen molar-refractivity contribution in [3.8, 4) is 0 Å². The molecular weight excluding hydrogens is 422 g/mol. The lowest BCUT2D eigenvalue weighted by Crippen LogP contribution is -2.52. The Morgan fingerprint density at radius 3 is 2.75 bits per heavy atom. The van der Waals surface area contributed by atoms with E-state index in [1.165, 1.54) is 7.11 Å². The number of benzene rings is 1. The summed E-state index contributed by atoms with van der Waals surface area (Å²) in [6, 6.07) is 11.4. The quantitative estimate of drug-likeness (QED) is 0.577. The zero-order valence-corrected chi connectivity index (χ0v) is 17.3. The van der Waals surface area contributed by atoms with Crippen LogP contribution in [0.3, 0.4) is 0 Å². The summed E-state index contributed by atoms with van der Waals surface area (Å²) in [5.74, 6) is 1.38. The molecule has 4 rings (SSSR count). The summed E-state index contributed by atoms with van der Waals surface area (Å²) in [5.41, 5.74) is 1.86.